The van der Waals surface area contributed by atoms with Gasteiger partial charge in [0.05, 0.1) is 13.2 Å². The van der Waals surface area contributed by atoms with Gasteiger partial charge in [0.2, 0.25) is 5.91 Å². The van der Waals surface area contributed by atoms with Crippen LogP contribution in [0.1, 0.15) is 20.8 Å². The highest BCUT2D eigenvalue weighted by molar-refractivity contribution is 5.87. The zero-order chi connectivity index (χ0) is 12.1. The van der Waals surface area contributed by atoms with Gasteiger partial charge in [0.15, 0.2) is 0 Å². The van der Waals surface area contributed by atoms with E-state index >= 15 is 0 Å². The van der Waals surface area contributed by atoms with Crippen LogP contribution >= 0.6 is 0 Å². The third-order valence-corrected chi connectivity index (χ3v) is 2.03. The standard InChI is InChI=1S/C10H16N2O3/c1-5-12(6-8(13)15-4)9(14)10(2,3)7-11/h5-6H2,1-4H3. The maximum absolute atomic E-state index is 11.8. The van der Waals surface area contributed by atoms with Gasteiger partial charge < -0.3 is 9.64 Å². The summed E-state index contributed by atoms with van der Waals surface area (Å²) < 4.78 is 4.46. The van der Waals surface area contributed by atoms with Gasteiger partial charge >= 0.3 is 5.97 Å². The molecule has 0 aliphatic carbocycles. The number of nitriles is 1. The minimum atomic E-state index is -1.11. The lowest BCUT2D eigenvalue weighted by Crippen LogP contribution is -2.43. The fourth-order valence-corrected chi connectivity index (χ4v) is 0.991. The first-order valence-corrected chi connectivity index (χ1v) is 4.66. The summed E-state index contributed by atoms with van der Waals surface area (Å²) in [6.07, 6.45) is 0. The summed E-state index contributed by atoms with van der Waals surface area (Å²) in [5.41, 5.74) is -1.11. The average Bonchev–Trinajstić information content (AvgIpc) is 2.24. The smallest absolute Gasteiger partial charge is 0.325 e. The molecular weight excluding hydrogens is 196 g/mol. The second-order valence-corrected chi connectivity index (χ2v) is 3.63. The Morgan fingerprint density at radius 2 is 2.00 bits per heavy atom. The van der Waals surface area contributed by atoms with Gasteiger partial charge in [-0.2, -0.15) is 5.26 Å². The predicted molar refractivity (Wildman–Crippen MR) is 53.7 cm³/mol. The van der Waals surface area contributed by atoms with Crippen molar-refractivity contribution in [2.24, 2.45) is 5.41 Å². The van der Waals surface area contributed by atoms with Crippen molar-refractivity contribution in [3.8, 4) is 6.07 Å². The summed E-state index contributed by atoms with van der Waals surface area (Å²) >= 11 is 0. The lowest BCUT2D eigenvalue weighted by molar-refractivity contribution is -0.149. The van der Waals surface area contributed by atoms with Crippen LogP contribution in [0.5, 0.6) is 0 Å². The van der Waals surface area contributed by atoms with Crippen molar-refractivity contribution >= 4 is 11.9 Å². The minimum Gasteiger partial charge on any atom is -0.468 e. The monoisotopic (exact) mass is 212 g/mol. The van der Waals surface area contributed by atoms with Crippen LogP contribution in [0.4, 0.5) is 0 Å². The first kappa shape index (κ1) is 13.4. The molecule has 1 amide bonds. The number of esters is 1. The fourth-order valence-electron chi connectivity index (χ4n) is 0.991. The van der Waals surface area contributed by atoms with Crippen LogP contribution in [-0.4, -0.2) is 37.0 Å². The molecule has 5 nitrogen and oxygen atoms in total. The van der Waals surface area contributed by atoms with Gasteiger partial charge in [0.1, 0.15) is 12.0 Å². The number of likely N-dealkylation sites (N-methyl/N-ethyl adjacent to an activating group) is 1. The molecule has 0 atom stereocenters. The molecule has 0 saturated carbocycles. The van der Waals surface area contributed by atoms with E-state index in [0.29, 0.717) is 6.54 Å². The summed E-state index contributed by atoms with van der Waals surface area (Å²) in [4.78, 5) is 24.1. The summed E-state index contributed by atoms with van der Waals surface area (Å²) in [6, 6.07) is 1.90. The number of amides is 1. The highest BCUT2D eigenvalue weighted by atomic mass is 16.5. The summed E-state index contributed by atoms with van der Waals surface area (Å²) in [5, 5.41) is 8.79. The van der Waals surface area contributed by atoms with E-state index in [1.807, 2.05) is 6.07 Å². The maximum Gasteiger partial charge on any atom is 0.325 e. The van der Waals surface area contributed by atoms with Crippen LogP contribution < -0.4 is 0 Å². The first-order valence-electron chi connectivity index (χ1n) is 4.66. The van der Waals surface area contributed by atoms with Crippen LogP contribution in [0.15, 0.2) is 0 Å². The van der Waals surface area contributed by atoms with Gasteiger partial charge in [-0.15, -0.1) is 0 Å². The Morgan fingerprint density at radius 1 is 1.47 bits per heavy atom. The SMILES string of the molecule is CCN(CC(=O)OC)C(=O)C(C)(C)C#N. The van der Waals surface area contributed by atoms with E-state index in [9.17, 15) is 9.59 Å². The molecule has 0 aromatic heterocycles. The largest absolute Gasteiger partial charge is 0.468 e. The zero-order valence-corrected chi connectivity index (χ0v) is 9.53. The van der Waals surface area contributed by atoms with Gasteiger partial charge in [-0.3, -0.25) is 9.59 Å². The number of carbonyl (C=O) groups excluding carboxylic acids is 2. The summed E-state index contributed by atoms with van der Waals surface area (Å²) in [6.45, 7) is 5.05. The molecule has 0 aromatic rings. The van der Waals surface area contributed by atoms with Crippen LogP contribution in [0.25, 0.3) is 0 Å². The lowest BCUT2D eigenvalue weighted by atomic mass is 9.94. The molecule has 0 aliphatic rings. The lowest BCUT2D eigenvalue weighted by Gasteiger charge is -2.25. The van der Waals surface area contributed by atoms with E-state index in [1.54, 1.807) is 6.92 Å². The Hall–Kier alpha value is -1.57. The Kier molecular flexibility index (Phi) is 4.79. The van der Waals surface area contributed by atoms with Gasteiger partial charge in [-0.05, 0) is 20.8 Å². The number of ether oxygens (including phenoxy) is 1. The molecule has 0 unspecified atom stereocenters. The van der Waals surface area contributed by atoms with Crippen molar-refractivity contribution in [3.63, 3.8) is 0 Å². The Morgan fingerprint density at radius 3 is 2.33 bits per heavy atom. The normalized spacial score (nSPS) is 10.3. The van der Waals surface area contributed by atoms with E-state index in [0.717, 1.165) is 0 Å². The molecule has 0 aliphatic heterocycles. The number of methoxy groups -OCH3 is 1. The summed E-state index contributed by atoms with van der Waals surface area (Å²) in [5.74, 6) is -0.850. The maximum atomic E-state index is 11.8. The van der Waals surface area contributed by atoms with E-state index in [4.69, 9.17) is 5.26 Å². The second-order valence-electron chi connectivity index (χ2n) is 3.63. The van der Waals surface area contributed by atoms with Crippen molar-refractivity contribution < 1.29 is 14.3 Å². The van der Waals surface area contributed by atoms with Crippen LogP contribution in [0, 0.1) is 16.7 Å². The van der Waals surface area contributed by atoms with Crippen LogP contribution in [0.2, 0.25) is 0 Å². The minimum absolute atomic E-state index is 0.114. The molecule has 84 valence electrons. The number of nitrogens with zero attached hydrogens (tertiary/aromatic N) is 2. The number of hydrogen-bond donors (Lipinski definition) is 0. The second kappa shape index (κ2) is 5.35. The Balaban J connectivity index is 4.64. The molecule has 0 rings (SSSR count). The highest BCUT2D eigenvalue weighted by Gasteiger charge is 2.32. The molecule has 0 N–H and O–H groups in total. The van der Waals surface area contributed by atoms with E-state index in [2.05, 4.69) is 4.74 Å². The van der Waals surface area contributed by atoms with Gasteiger partial charge in [-0.25, -0.2) is 0 Å². The van der Waals surface area contributed by atoms with Crippen molar-refractivity contribution in [1.82, 2.24) is 4.90 Å². The van der Waals surface area contributed by atoms with E-state index < -0.39 is 11.4 Å². The van der Waals surface area contributed by atoms with Crippen molar-refractivity contribution in [3.05, 3.63) is 0 Å². The molecule has 0 saturated heterocycles. The molecule has 0 bridgehead atoms. The van der Waals surface area contributed by atoms with Gasteiger partial charge in [0, 0.05) is 6.54 Å². The Labute approximate surface area is 89.6 Å². The van der Waals surface area contributed by atoms with E-state index in [-0.39, 0.29) is 12.5 Å². The molecule has 15 heavy (non-hydrogen) atoms. The predicted octanol–water partition coefficient (Wildman–Crippen LogP) is 0.558. The molecule has 0 aromatic carbocycles. The third-order valence-electron chi connectivity index (χ3n) is 2.03. The fraction of sp³-hybridized carbons (Fsp3) is 0.700. The third kappa shape index (κ3) is 3.58. The first-order chi connectivity index (χ1) is 6.88. The average molecular weight is 212 g/mol. The van der Waals surface area contributed by atoms with Crippen LogP contribution in [-0.2, 0) is 14.3 Å². The zero-order valence-electron chi connectivity index (χ0n) is 9.53. The summed E-state index contributed by atoms with van der Waals surface area (Å²) in [7, 11) is 1.26. The van der Waals surface area contributed by atoms with Crippen molar-refractivity contribution in [2.45, 2.75) is 20.8 Å². The molecule has 0 radical (unpaired) electrons. The molecular formula is C10H16N2O3. The Bertz CT molecular complexity index is 292. The molecule has 5 heteroatoms. The number of rotatable bonds is 4. The van der Waals surface area contributed by atoms with E-state index in [1.165, 1.54) is 25.9 Å². The van der Waals surface area contributed by atoms with Gasteiger partial charge in [-0.1, -0.05) is 0 Å². The van der Waals surface area contributed by atoms with Gasteiger partial charge in [0.25, 0.3) is 0 Å². The molecule has 0 spiro atoms. The molecule has 0 heterocycles. The number of carbonyl (C=O) groups is 2. The highest BCUT2D eigenvalue weighted by Crippen LogP contribution is 2.17. The topological polar surface area (TPSA) is 70.4 Å². The quantitative estimate of drug-likeness (QED) is 0.638. The number of hydrogen-bond acceptors (Lipinski definition) is 4. The van der Waals surface area contributed by atoms with Crippen LogP contribution in [0.3, 0.4) is 0 Å². The van der Waals surface area contributed by atoms with Crippen molar-refractivity contribution in [1.29, 1.82) is 5.26 Å². The molecule has 0 fully saturated rings. The van der Waals surface area contributed by atoms with Crippen molar-refractivity contribution in [2.75, 3.05) is 20.2 Å².